The Bertz CT molecular complexity index is 475. The van der Waals surface area contributed by atoms with Gasteiger partial charge in [0.15, 0.2) is 12.1 Å². The van der Waals surface area contributed by atoms with Gasteiger partial charge in [-0.05, 0) is 25.8 Å². The van der Waals surface area contributed by atoms with Crippen molar-refractivity contribution in [2.75, 3.05) is 13.2 Å². The van der Waals surface area contributed by atoms with Crippen molar-refractivity contribution in [1.82, 2.24) is 0 Å². The zero-order valence-electron chi connectivity index (χ0n) is 13.1. The van der Waals surface area contributed by atoms with Crippen molar-refractivity contribution in [3.8, 4) is 0 Å². The molecule has 1 aromatic carbocycles. The zero-order chi connectivity index (χ0) is 15.6. The molecule has 2 saturated heterocycles. The third-order valence-corrected chi connectivity index (χ3v) is 4.13. The maximum absolute atomic E-state index is 9.21. The number of aliphatic hydroxyl groups is 1. The van der Waals surface area contributed by atoms with Crippen LogP contribution >= 0.6 is 0 Å². The van der Waals surface area contributed by atoms with E-state index in [1.807, 2.05) is 44.2 Å². The first-order chi connectivity index (χ1) is 10.6. The largest absolute Gasteiger partial charge is 0.396 e. The zero-order valence-corrected chi connectivity index (χ0v) is 13.1. The second kappa shape index (κ2) is 6.64. The molecule has 0 unspecified atom stereocenters. The Balaban J connectivity index is 1.59. The SMILES string of the molecule is CC1(C)O[C@H]2O[C@H](CCO)[C@@H](COCc3ccccc3)[C@H]2O1. The van der Waals surface area contributed by atoms with Crippen molar-refractivity contribution < 1.29 is 24.1 Å². The van der Waals surface area contributed by atoms with Gasteiger partial charge in [0.1, 0.15) is 6.10 Å². The van der Waals surface area contributed by atoms with Crippen molar-refractivity contribution >= 4 is 0 Å². The van der Waals surface area contributed by atoms with Gasteiger partial charge >= 0.3 is 0 Å². The summed E-state index contributed by atoms with van der Waals surface area (Å²) < 4.78 is 23.5. The molecular weight excluding hydrogens is 284 g/mol. The molecule has 2 fully saturated rings. The van der Waals surface area contributed by atoms with E-state index < -0.39 is 5.79 Å². The van der Waals surface area contributed by atoms with Crippen molar-refractivity contribution in [3.05, 3.63) is 35.9 Å². The molecule has 122 valence electrons. The summed E-state index contributed by atoms with van der Waals surface area (Å²) in [4.78, 5) is 0. The van der Waals surface area contributed by atoms with Crippen LogP contribution in [0.4, 0.5) is 0 Å². The van der Waals surface area contributed by atoms with E-state index in [1.165, 1.54) is 0 Å². The highest BCUT2D eigenvalue weighted by Crippen LogP contribution is 2.41. The molecule has 5 nitrogen and oxygen atoms in total. The number of aliphatic hydroxyl groups excluding tert-OH is 1. The maximum atomic E-state index is 9.21. The van der Waals surface area contributed by atoms with Gasteiger partial charge in [0.2, 0.25) is 0 Å². The third kappa shape index (κ3) is 3.50. The maximum Gasteiger partial charge on any atom is 0.187 e. The van der Waals surface area contributed by atoms with Crippen LogP contribution in [-0.4, -0.2) is 42.6 Å². The Morgan fingerprint density at radius 1 is 1.18 bits per heavy atom. The first-order valence-corrected chi connectivity index (χ1v) is 7.83. The van der Waals surface area contributed by atoms with Gasteiger partial charge in [0, 0.05) is 12.5 Å². The summed E-state index contributed by atoms with van der Waals surface area (Å²) in [7, 11) is 0. The van der Waals surface area contributed by atoms with Crippen LogP contribution in [0.5, 0.6) is 0 Å². The number of benzene rings is 1. The Morgan fingerprint density at radius 3 is 2.68 bits per heavy atom. The van der Waals surface area contributed by atoms with E-state index in [0.717, 1.165) is 5.56 Å². The number of ether oxygens (including phenoxy) is 4. The molecule has 1 aromatic rings. The van der Waals surface area contributed by atoms with Crippen molar-refractivity contribution in [3.63, 3.8) is 0 Å². The van der Waals surface area contributed by atoms with Gasteiger partial charge in [-0.15, -0.1) is 0 Å². The summed E-state index contributed by atoms with van der Waals surface area (Å²) in [6.45, 7) is 4.95. The predicted octanol–water partition coefficient (Wildman–Crippen LogP) is 2.08. The molecule has 1 N–H and O–H groups in total. The minimum Gasteiger partial charge on any atom is -0.396 e. The summed E-state index contributed by atoms with van der Waals surface area (Å²) in [5, 5.41) is 9.21. The van der Waals surface area contributed by atoms with E-state index in [1.54, 1.807) is 0 Å². The molecule has 2 heterocycles. The highest BCUT2D eigenvalue weighted by Gasteiger charge is 2.54. The van der Waals surface area contributed by atoms with Crippen LogP contribution in [0.1, 0.15) is 25.8 Å². The molecule has 2 aliphatic heterocycles. The third-order valence-electron chi connectivity index (χ3n) is 4.13. The van der Waals surface area contributed by atoms with E-state index in [0.29, 0.717) is 19.6 Å². The smallest absolute Gasteiger partial charge is 0.187 e. The Kier molecular flexibility index (Phi) is 4.80. The first kappa shape index (κ1) is 15.9. The van der Waals surface area contributed by atoms with Crippen molar-refractivity contribution in [1.29, 1.82) is 0 Å². The summed E-state index contributed by atoms with van der Waals surface area (Å²) in [6.07, 6.45) is -0.0226. The Hall–Kier alpha value is -0.980. The van der Waals surface area contributed by atoms with Crippen LogP contribution in [0.3, 0.4) is 0 Å². The molecule has 0 saturated carbocycles. The van der Waals surface area contributed by atoms with Gasteiger partial charge in [0.25, 0.3) is 0 Å². The molecule has 0 amide bonds. The normalized spacial score (nSPS) is 33.0. The number of hydrogen-bond donors (Lipinski definition) is 1. The Labute approximate surface area is 131 Å². The van der Waals surface area contributed by atoms with E-state index in [2.05, 4.69) is 0 Å². The van der Waals surface area contributed by atoms with Crippen LogP contribution in [0, 0.1) is 5.92 Å². The lowest BCUT2D eigenvalue weighted by Crippen LogP contribution is -2.33. The Morgan fingerprint density at radius 2 is 1.95 bits per heavy atom. The summed E-state index contributed by atoms with van der Waals surface area (Å²) in [6, 6.07) is 10.1. The quantitative estimate of drug-likeness (QED) is 0.872. The molecule has 0 aliphatic carbocycles. The van der Waals surface area contributed by atoms with Gasteiger partial charge in [0.05, 0.1) is 19.3 Å². The standard InChI is InChI=1S/C17H24O5/c1-17(2)21-15-13(14(8-9-18)20-16(15)22-17)11-19-10-12-6-4-3-5-7-12/h3-7,13-16,18H,8-11H2,1-2H3/t13-,14-,15-,16-/m1/s1. The van der Waals surface area contributed by atoms with E-state index in [9.17, 15) is 5.11 Å². The van der Waals surface area contributed by atoms with E-state index in [4.69, 9.17) is 18.9 Å². The fourth-order valence-corrected chi connectivity index (χ4v) is 3.14. The van der Waals surface area contributed by atoms with Gasteiger partial charge < -0.3 is 24.1 Å². The number of hydrogen-bond acceptors (Lipinski definition) is 5. The molecule has 0 bridgehead atoms. The topological polar surface area (TPSA) is 57.2 Å². The summed E-state index contributed by atoms with van der Waals surface area (Å²) in [5.74, 6) is -0.556. The predicted molar refractivity (Wildman–Crippen MR) is 80.0 cm³/mol. The van der Waals surface area contributed by atoms with Crippen molar-refractivity contribution in [2.45, 2.75) is 51.2 Å². The molecule has 5 heteroatoms. The molecule has 3 rings (SSSR count). The van der Waals surface area contributed by atoms with Crippen molar-refractivity contribution in [2.24, 2.45) is 5.92 Å². The highest BCUT2D eigenvalue weighted by atomic mass is 16.8. The minimum absolute atomic E-state index is 0.0719. The molecule has 0 aromatic heterocycles. The average Bonchev–Trinajstić information content (AvgIpc) is 2.93. The summed E-state index contributed by atoms with van der Waals surface area (Å²) >= 11 is 0. The lowest BCUT2D eigenvalue weighted by atomic mass is 9.97. The fourth-order valence-electron chi connectivity index (χ4n) is 3.14. The fraction of sp³-hybridized carbons (Fsp3) is 0.647. The molecule has 22 heavy (non-hydrogen) atoms. The van der Waals surface area contributed by atoms with Gasteiger partial charge in [-0.1, -0.05) is 30.3 Å². The van der Waals surface area contributed by atoms with Crippen LogP contribution < -0.4 is 0 Å². The van der Waals surface area contributed by atoms with Crippen LogP contribution in [0.2, 0.25) is 0 Å². The molecule has 0 spiro atoms. The average molecular weight is 308 g/mol. The second-order valence-electron chi connectivity index (χ2n) is 6.32. The molecule has 0 radical (unpaired) electrons. The van der Waals surface area contributed by atoms with E-state index >= 15 is 0 Å². The van der Waals surface area contributed by atoms with Gasteiger partial charge in [-0.2, -0.15) is 0 Å². The molecule has 4 atom stereocenters. The minimum atomic E-state index is -0.628. The van der Waals surface area contributed by atoms with Gasteiger partial charge in [-0.25, -0.2) is 0 Å². The lowest BCUT2D eigenvalue weighted by molar-refractivity contribution is -0.213. The monoisotopic (exact) mass is 308 g/mol. The molecular formula is C17H24O5. The van der Waals surface area contributed by atoms with Gasteiger partial charge in [-0.3, -0.25) is 0 Å². The summed E-state index contributed by atoms with van der Waals surface area (Å²) in [5.41, 5.74) is 1.14. The number of rotatable bonds is 6. The van der Waals surface area contributed by atoms with Crippen LogP contribution in [0.25, 0.3) is 0 Å². The second-order valence-corrected chi connectivity index (χ2v) is 6.32. The van der Waals surface area contributed by atoms with Crippen LogP contribution in [0.15, 0.2) is 30.3 Å². The van der Waals surface area contributed by atoms with E-state index in [-0.39, 0.29) is 31.0 Å². The highest BCUT2D eigenvalue weighted by molar-refractivity contribution is 5.13. The molecule has 2 aliphatic rings. The first-order valence-electron chi connectivity index (χ1n) is 7.83. The number of fused-ring (bicyclic) bond motifs is 1. The van der Waals surface area contributed by atoms with Crippen LogP contribution in [-0.2, 0) is 25.6 Å². The lowest BCUT2D eigenvalue weighted by Gasteiger charge is -2.25.